The predicted octanol–water partition coefficient (Wildman–Crippen LogP) is 1.49. The van der Waals surface area contributed by atoms with Crippen molar-refractivity contribution in [1.82, 2.24) is 14.4 Å². The molecule has 0 fully saturated rings. The fraction of sp³-hybridized carbons (Fsp3) is 0.455. The van der Waals surface area contributed by atoms with Gasteiger partial charge in [0.15, 0.2) is 0 Å². The predicted molar refractivity (Wildman–Crippen MR) is 59.6 cm³/mol. The lowest BCUT2D eigenvalue weighted by atomic mass is 9.93. The maximum absolute atomic E-state index is 5.56. The van der Waals surface area contributed by atoms with Crippen molar-refractivity contribution >= 4 is 5.78 Å². The smallest absolute Gasteiger partial charge is 0.233 e. The van der Waals surface area contributed by atoms with Crippen LogP contribution in [0.4, 0.5) is 0 Å². The Morgan fingerprint density at radius 1 is 1.33 bits per heavy atom. The van der Waals surface area contributed by atoms with Crippen LogP contribution >= 0.6 is 0 Å². The molecule has 80 valence electrons. The van der Waals surface area contributed by atoms with Crippen molar-refractivity contribution in [3.8, 4) is 0 Å². The topological polar surface area (TPSA) is 56.2 Å². The van der Waals surface area contributed by atoms with Crippen molar-refractivity contribution in [1.29, 1.82) is 0 Å². The van der Waals surface area contributed by atoms with Gasteiger partial charge in [0.1, 0.15) is 0 Å². The van der Waals surface area contributed by atoms with Crippen LogP contribution < -0.4 is 5.73 Å². The Morgan fingerprint density at radius 3 is 2.67 bits per heavy atom. The van der Waals surface area contributed by atoms with Crippen molar-refractivity contribution in [2.45, 2.75) is 32.7 Å². The van der Waals surface area contributed by atoms with Gasteiger partial charge in [-0.3, -0.25) is 4.40 Å². The molecule has 0 atom stereocenters. The summed E-state index contributed by atoms with van der Waals surface area (Å²) >= 11 is 0. The minimum Gasteiger partial charge on any atom is -0.326 e. The Labute approximate surface area is 89.2 Å². The van der Waals surface area contributed by atoms with E-state index >= 15 is 0 Å². The van der Waals surface area contributed by atoms with Crippen molar-refractivity contribution in [3.63, 3.8) is 0 Å². The molecule has 2 aromatic rings. The molecule has 0 aromatic carbocycles. The summed E-state index contributed by atoms with van der Waals surface area (Å²) in [7, 11) is 0. The van der Waals surface area contributed by atoms with Gasteiger partial charge in [-0.25, -0.2) is 9.97 Å². The van der Waals surface area contributed by atoms with Crippen LogP contribution in [0.25, 0.3) is 5.78 Å². The first-order valence-electron chi connectivity index (χ1n) is 5.05. The summed E-state index contributed by atoms with van der Waals surface area (Å²) < 4.78 is 1.93. The number of nitrogens with two attached hydrogens (primary N) is 1. The third kappa shape index (κ3) is 1.85. The SMILES string of the molecule is CC(C)(C)c1cn2cc(CN)cnc2n1. The molecule has 0 radical (unpaired) electrons. The van der Waals surface area contributed by atoms with E-state index in [1.54, 1.807) is 6.20 Å². The number of rotatable bonds is 1. The molecule has 2 aromatic heterocycles. The first-order chi connectivity index (χ1) is 7.00. The summed E-state index contributed by atoms with van der Waals surface area (Å²) in [5.74, 6) is 0.733. The number of hydrogen-bond donors (Lipinski definition) is 1. The molecule has 2 rings (SSSR count). The summed E-state index contributed by atoms with van der Waals surface area (Å²) in [4.78, 5) is 8.73. The van der Waals surface area contributed by atoms with Gasteiger partial charge in [-0.2, -0.15) is 0 Å². The van der Waals surface area contributed by atoms with Crippen molar-refractivity contribution < 1.29 is 0 Å². The zero-order chi connectivity index (χ0) is 11.1. The van der Waals surface area contributed by atoms with Crippen LogP contribution in [0.2, 0.25) is 0 Å². The lowest BCUT2D eigenvalue weighted by molar-refractivity contribution is 0.573. The van der Waals surface area contributed by atoms with E-state index in [0.717, 1.165) is 17.0 Å². The van der Waals surface area contributed by atoms with Gasteiger partial charge in [-0.15, -0.1) is 0 Å². The van der Waals surface area contributed by atoms with Gasteiger partial charge in [-0.05, 0) is 0 Å². The Morgan fingerprint density at radius 2 is 2.07 bits per heavy atom. The van der Waals surface area contributed by atoms with Crippen LogP contribution in [0, 0.1) is 0 Å². The molecule has 0 saturated heterocycles. The van der Waals surface area contributed by atoms with Crippen LogP contribution in [-0.4, -0.2) is 14.4 Å². The molecule has 15 heavy (non-hydrogen) atoms. The molecule has 0 amide bonds. The molecule has 0 saturated carbocycles. The highest BCUT2D eigenvalue weighted by Gasteiger charge is 2.17. The van der Waals surface area contributed by atoms with Crippen LogP contribution in [0.3, 0.4) is 0 Å². The van der Waals surface area contributed by atoms with Crippen LogP contribution in [0.15, 0.2) is 18.6 Å². The van der Waals surface area contributed by atoms with Crippen molar-refractivity contribution in [3.05, 3.63) is 29.8 Å². The molecular weight excluding hydrogens is 188 g/mol. The largest absolute Gasteiger partial charge is 0.326 e. The van der Waals surface area contributed by atoms with E-state index in [1.165, 1.54) is 0 Å². The van der Waals surface area contributed by atoms with E-state index in [9.17, 15) is 0 Å². The molecule has 0 unspecified atom stereocenters. The van der Waals surface area contributed by atoms with E-state index in [-0.39, 0.29) is 5.41 Å². The standard InChI is InChI=1S/C11H16N4/c1-11(2,3)9-7-15-6-8(4-12)5-13-10(15)14-9/h5-7H,4,12H2,1-3H3. The zero-order valence-electron chi connectivity index (χ0n) is 9.36. The van der Waals surface area contributed by atoms with Crippen molar-refractivity contribution in [2.24, 2.45) is 5.73 Å². The molecule has 2 heterocycles. The molecule has 0 aliphatic rings. The lowest BCUT2D eigenvalue weighted by Gasteiger charge is -2.13. The van der Waals surface area contributed by atoms with Gasteiger partial charge in [0.05, 0.1) is 5.69 Å². The number of aromatic nitrogens is 3. The highest BCUT2D eigenvalue weighted by molar-refractivity contribution is 5.33. The maximum Gasteiger partial charge on any atom is 0.233 e. The summed E-state index contributed by atoms with van der Waals surface area (Å²) in [5.41, 5.74) is 7.67. The normalized spacial score (nSPS) is 12.3. The van der Waals surface area contributed by atoms with E-state index in [2.05, 4.69) is 30.7 Å². The van der Waals surface area contributed by atoms with Gasteiger partial charge in [-0.1, -0.05) is 20.8 Å². The van der Waals surface area contributed by atoms with Gasteiger partial charge >= 0.3 is 0 Å². The Kier molecular flexibility index (Phi) is 2.23. The van der Waals surface area contributed by atoms with E-state index in [0.29, 0.717) is 6.54 Å². The summed E-state index contributed by atoms with van der Waals surface area (Å²) in [6, 6.07) is 0. The average Bonchev–Trinajstić information content (AvgIpc) is 2.59. The summed E-state index contributed by atoms with van der Waals surface area (Å²) in [6.07, 6.45) is 5.76. The molecule has 0 aliphatic heterocycles. The minimum atomic E-state index is 0.0522. The second kappa shape index (κ2) is 3.31. The van der Waals surface area contributed by atoms with E-state index < -0.39 is 0 Å². The van der Waals surface area contributed by atoms with Crippen LogP contribution in [-0.2, 0) is 12.0 Å². The Hall–Kier alpha value is -1.42. The highest BCUT2D eigenvalue weighted by Crippen LogP contribution is 2.20. The average molecular weight is 204 g/mol. The van der Waals surface area contributed by atoms with E-state index in [1.807, 2.05) is 16.8 Å². The Bertz CT molecular complexity index is 479. The molecule has 0 bridgehead atoms. The molecule has 0 aliphatic carbocycles. The third-order valence-corrected chi connectivity index (χ3v) is 2.37. The van der Waals surface area contributed by atoms with Crippen molar-refractivity contribution in [2.75, 3.05) is 0 Å². The van der Waals surface area contributed by atoms with Crippen LogP contribution in [0.1, 0.15) is 32.0 Å². The van der Waals surface area contributed by atoms with E-state index in [4.69, 9.17) is 5.73 Å². The number of hydrogen-bond acceptors (Lipinski definition) is 3. The van der Waals surface area contributed by atoms with Crippen LogP contribution in [0.5, 0.6) is 0 Å². The van der Waals surface area contributed by atoms with Gasteiger partial charge < -0.3 is 5.73 Å². The maximum atomic E-state index is 5.56. The molecule has 0 spiro atoms. The first kappa shape index (κ1) is 10.1. The second-order valence-corrected chi connectivity index (χ2v) is 4.75. The fourth-order valence-electron chi connectivity index (χ4n) is 1.39. The summed E-state index contributed by atoms with van der Waals surface area (Å²) in [5, 5.41) is 0. The van der Waals surface area contributed by atoms with Gasteiger partial charge in [0.2, 0.25) is 5.78 Å². The van der Waals surface area contributed by atoms with Gasteiger partial charge in [0.25, 0.3) is 0 Å². The monoisotopic (exact) mass is 204 g/mol. The molecule has 4 nitrogen and oxygen atoms in total. The summed E-state index contributed by atoms with van der Waals surface area (Å²) in [6.45, 7) is 6.92. The minimum absolute atomic E-state index is 0.0522. The fourth-order valence-corrected chi connectivity index (χ4v) is 1.39. The number of nitrogens with zero attached hydrogens (tertiary/aromatic N) is 3. The Balaban J connectivity index is 2.56. The lowest BCUT2D eigenvalue weighted by Crippen LogP contribution is -2.11. The van der Waals surface area contributed by atoms with Gasteiger partial charge in [0, 0.05) is 36.1 Å². The third-order valence-electron chi connectivity index (χ3n) is 2.37. The molecular formula is C11H16N4. The highest BCUT2D eigenvalue weighted by atomic mass is 15.1. The second-order valence-electron chi connectivity index (χ2n) is 4.75. The molecule has 2 N–H and O–H groups in total. The zero-order valence-corrected chi connectivity index (χ0v) is 9.36. The number of fused-ring (bicyclic) bond motifs is 1. The molecule has 4 heteroatoms. The number of imidazole rings is 1. The quantitative estimate of drug-likeness (QED) is 0.765. The first-order valence-corrected chi connectivity index (χ1v) is 5.05.